The zero-order valence-corrected chi connectivity index (χ0v) is 20.0. The Morgan fingerprint density at radius 2 is 1.08 bits per heavy atom. The third kappa shape index (κ3) is 5.85. The lowest BCUT2D eigenvalue weighted by atomic mass is 9.75. The third-order valence-electron chi connectivity index (χ3n) is 4.10. The number of benzene rings is 1. The molecule has 0 amide bonds. The van der Waals surface area contributed by atoms with E-state index in [1.165, 1.54) is 30.2 Å². The van der Waals surface area contributed by atoms with E-state index in [2.05, 4.69) is 99.5 Å². The predicted octanol–water partition coefficient (Wildman–Crippen LogP) is 6.71. The van der Waals surface area contributed by atoms with Gasteiger partial charge in [-0.1, -0.05) is 102 Å². The smallest absolute Gasteiger partial charge is 0.0686 e. The Hall–Kier alpha value is -0.393. The van der Waals surface area contributed by atoms with Crippen LogP contribution in [-0.2, 0) is 16.2 Å². The van der Waals surface area contributed by atoms with Gasteiger partial charge in [-0.25, -0.2) is 0 Å². The van der Waals surface area contributed by atoms with E-state index in [0.29, 0.717) is 0 Å². The molecule has 0 aliphatic heterocycles. The molecule has 0 spiro atoms. The highest BCUT2D eigenvalue weighted by Crippen LogP contribution is 2.35. The Kier molecular flexibility index (Phi) is 6.07. The van der Waals surface area contributed by atoms with Crippen LogP contribution < -0.4 is 5.30 Å². The van der Waals surface area contributed by atoms with Gasteiger partial charge in [-0.2, -0.15) is 0 Å². The largest absolute Gasteiger partial charge is 0.0838 e. The van der Waals surface area contributed by atoms with Gasteiger partial charge < -0.3 is 0 Å². The Bertz CT molecular complexity index is 576. The standard InChI is InChI=1S/C22H38PSi/c1-20(2,3)16-13-17(21(4,5)6)19(23-15-24(10,11)12)18(14-16)22(7,8)9/h13-14H,1-12H3. The van der Waals surface area contributed by atoms with Crippen molar-refractivity contribution in [1.29, 1.82) is 0 Å². The molecule has 0 aliphatic carbocycles. The fourth-order valence-electron chi connectivity index (χ4n) is 2.55. The van der Waals surface area contributed by atoms with Gasteiger partial charge in [0.2, 0.25) is 0 Å². The average molecular weight is 362 g/mol. The van der Waals surface area contributed by atoms with Gasteiger partial charge in [0.05, 0.1) is 8.07 Å². The van der Waals surface area contributed by atoms with Crippen LogP contribution in [-0.4, -0.2) is 13.5 Å². The molecule has 0 aromatic heterocycles. The van der Waals surface area contributed by atoms with Crippen molar-refractivity contribution in [2.24, 2.45) is 0 Å². The molecule has 1 radical (unpaired) electrons. The van der Waals surface area contributed by atoms with Gasteiger partial charge in [0.25, 0.3) is 0 Å². The highest BCUT2D eigenvalue weighted by molar-refractivity contribution is 7.54. The minimum atomic E-state index is -1.32. The maximum absolute atomic E-state index is 3.83. The second-order valence-electron chi connectivity index (χ2n) is 11.1. The number of hydrogen-bond acceptors (Lipinski definition) is 0. The molecule has 0 nitrogen and oxygen atoms in total. The quantitative estimate of drug-likeness (QED) is 0.406. The van der Waals surface area contributed by atoms with Gasteiger partial charge in [0, 0.05) is 5.30 Å². The molecule has 0 bridgehead atoms. The summed E-state index contributed by atoms with van der Waals surface area (Å²) < 4.78 is 0. The summed E-state index contributed by atoms with van der Waals surface area (Å²) in [6, 6.07) is 4.92. The molecule has 0 heterocycles. The van der Waals surface area contributed by atoms with Gasteiger partial charge in [-0.15, -0.1) is 0 Å². The highest BCUT2D eigenvalue weighted by Gasteiger charge is 2.28. The maximum Gasteiger partial charge on any atom is 0.0838 e. The first-order valence-electron chi connectivity index (χ1n) is 9.10. The molecule has 1 rings (SSSR count). The molecular formula is C22H38PSi. The van der Waals surface area contributed by atoms with Crippen LogP contribution in [0.4, 0.5) is 0 Å². The summed E-state index contributed by atoms with van der Waals surface area (Å²) in [7, 11) is -0.0379. The molecule has 2 heteroatoms. The zero-order valence-electron chi connectivity index (χ0n) is 18.1. The van der Waals surface area contributed by atoms with Gasteiger partial charge in [0.1, 0.15) is 0 Å². The van der Waals surface area contributed by atoms with E-state index in [9.17, 15) is 0 Å². The van der Waals surface area contributed by atoms with Crippen LogP contribution in [0.15, 0.2) is 12.1 Å². The lowest BCUT2D eigenvalue weighted by molar-refractivity contribution is 0.554. The summed E-state index contributed by atoms with van der Waals surface area (Å²) in [5.41, 5.74) is 8.72. The van der Waals surface area contributed by atoms with E-state index >= 15 is 0 Å². The number of rotatable bonds is 2. The van der Waals surface area contributed by atoms with Crippen LogP contribution in [0.25, 0.3) is 0 Å². The minimum absolute atomic E-state index is 0.144. The van der Waals surface area contributed by atoms with E-state index < -0.39 is 8.07 Å². The van der Waals surface area contributed by atoms with Crippen molar-refractivity contribution in [2.45, 2.75) is 98.2 Å². The molecule has 0 N–H and O–H groups in total. The first-order chi connectivity index (χ1) is 10.4. The summed E-state index contributed by atoms with van der Waals surface area (Å²) in [5, 5.41) is 1.49. The van der Waals surface area contributed by atoms with Gasteiger partial charge in [0.15, 0.2) is 0 Å². The van der Waals surface area contributed by atoms with Crippen LogP contribution in [0.1, 0.15) is 79.0 Å². The van der Waals surface area contributed by atoms with Crippen molar-refractivity contribution in [3.05, 3.63) is 28.8 Å². The molecule has 0 saturated carbocycles. The lowest BCUT2D eigenvalue weighted by Gasteiger charge is -2.32. The lowest BCUT2D eigenvalue weighted by Crippen LogP contribution is -2.30. The van der Waals surface area contributed by atoms with Crippen molar-refractivity contribution >= 4 is 27.0 Å². The fourth-order valence-corrected chi connectivity index (χ4v) is 5.38. The van der Waals surface area contributed by atoms with Gasteiger partial charge in [-0.05, 0) is 38.4 Å². The molecule has 0 saturated heterocycles. The Labute approximate surface area is 154 Å². The average Bonchev–Trinajstić information content (AvgIpc) is 2.30. The van der Waals surface area contributed by atoms with E-state index in [1.54, 1.807) is 0 Å². The molecule has 1 aromatic rings. The number of hydrogen-bond donors (Lipinski definition) is 0. The molecule has 135 valence electrons. The van der Waals surface area contributed by atoms with Crippen LogP contribution in [0.3, 0.4) is 0 Å². The topological polar surface area (TPSA) is 0 Å². The Morgan fingerprint density at radius 1 is 0.708 bits per heavy atom. The molecule has 0 atom stereocenters. The van der Waals surface area contributed by atoms with Gasteiger partial charge >= 0.3 is 0 Å². The second kappa shape index (κ2) is 6.73. The first kappa shape index (κ1) is 21.6. The summed E-state index contributed by atoms with van der Waals surface area (Å²) in [4.78, 5) is 0. The predicted molar refractivity (Wildman–Crippen MR) is 117 cm³/mol. The normalized spacial score (nSPS) is 14.5. The van der Waals surface area contributed by atoms with Crippen molar-refractivity contribution in [1.82, 2.24) is 0 Å². The summed E-state index contributed by atoms with van der Waals surface area (Å²) in [6.07, 6.45) is 0. The molecule has 1 aromatic carbocycles. The summed E-state index contributed by atoms with van der Waals surface area (Å²) in [6.45, 7) is 28.1. The van der Waals surface area contributed by atoms with E-state index in [0.717, 1.165) is 0 Å². The molecule has 0 fully saturated rings. The van der Waals surface area contributed by atoms with Crippen LogP contribution in [0, 0.1) is 0 Å². The minimum Gasteiger partial charge on any atom is -0.0686 e. The molecular weight excluding hydrogens is 323 g/mol. The van der Waals surface area contributed by atoms with Crippen LogP contribution in [0.5, 0.6) is 0 Å². The SMILES string of the molecule is CC(C)(C)c1cc(C(C)(C)C)c(P=[C][Si](C)(C)C)c(C(C)(C)C)c1. The van der Waals surface area contributed by atoms with Crippen molar-refractivity contribution in [3.8, 4) is 0 Å². The van der Waals surface area contributed by atoms with E-state index in [1.807, 2.05) is 0 Å². The van der Waals surface area contributed by atoms with Crippen molar-refractivity contribution in [2.75, 3.05) is 0 Å². The monoisotopic (exact) mass is 361 g/mol. The van der Waals surface area contributed by atoms with Crippen LogP contribution >= 0.6 is 8.20 Å². The zero-order chi connectivity index (χ0) is 19.1. The maximum atomic E-state index is 3.83. The van der Waals surface area contributed by atoms with Crippen molar-refractivity contribution in [3.63, 3.8) is 0 Å². The van der Waals surface area contributed by atoms with Crippen molar-refractivity contribution < 1.29 is 0 Å². The molecule has 0 aliphatic rings. The van der Waals surface area contributed by atoms with Gasteiger partial charge in [-0.3, -0.25) is 0 Å². The first-order valence-corrected chi connectivity index (χ1v) is 13.5. The molecule has 0 unspecified atom stereocenters. The Balaban J connectivity index is 3.85. The van der Waals surface area contributed by atoms with E-state index in [-0.39, 0.29) is 16.2 Å². The van der Waals surface area contributed by atoms with Crippen LogP contribution in [0.2, 0.25) is 19.6 Å². The Morgan fingerprint density at radius 3 is 1.33 bits per heavy atom. The second-order valence-corrected chi connectivity index (χ2v) is 17.2. The van der Waals surface area contributed by atoms with E-state index in [4.69, 9.17) is 0 Å². The highest BCUT2D eigenvalue weighted by atomic mass is 31.1. The fraction of sp³-hybridized carbons (Fsp3) is 0.682. The molecule has 24 heavy (non-hydrogen) atoms. The summed E-state index contributed by atoms with van der Waals surface area (Å²) in [5.74, 6) is 0. The third-order valence-corrected chi connectivity index (χ3v) is 7.93. The summed E-state index contributed by atoms with van der Waals surface area (Å²) >= 11 is 0.